The summed E-state index contributed by atoms with van der Waals surface area (Å²) < 4.78 is 4.27. The molecule has 1 unspecified atom stereocenters. The molecular formula is C7H11NP2. The summed E-state index contributed by atoms with van der Waals surface area (Å²) >= 11 is 0. The molecule has 0 aromatic carbocycles. The standard InChI is InChI=1S/C7H11NP2/c1-7(3-2-4-7)6-5-8-10-9-6/h5,10H,2-4H2,1H3. The van der Waals surface area contributed by atoms with Gasteiger partial charge in [-0.25, -0.2) is 4.75 Å². The van der Waals surface area contributed by atoms with Crippen LogP contribution in [0.15, 0.2) is 6.20 Å². The first kappa shape index (κ1) is 6.83. The third-order valence-electron chi connectivity index (χ3n) is 2.49. The van der Waals surface area contributed by atoms with Gasteiger partial charge >= 0.3 is 0 Å². The number of nitrogens with zero attached hydrogens (tertiary/aromatic N) is 1. The molecule has 0 amide bonds. The third kappa shape index (κ3) is 0.929. The van der Waals surface area contributed by atoms with Crippen LogP contribution in [-0.4, -0.2) is 4.75 Å². The second kappa shape index (κ2) is 2.32. The van der Waals surface area contributed by atoms with Gasteiger partial charge in [-0.1, -0.05) is 13.3 Å². The highest BCUT2D eigenvalue weighted by molar-refractivity contribution is 7.89. The molecule has 10 heavy (non-hydrogen) atoms. The fourth-order valence-electron chi connectivity index (χ4n) is 1.46. The second-order valence-electron chi connectivity index (χ2n) is 3.27. The van der Waals surface area contributed by atoms with Gasteiger partial charge in [-0.2, -0.15) is 0 Å². The Kier molecular flexibility index (Phi) is 1.59. The van der Waals surface area contributed by atoms with E-state index in [2.05, 4.69) is 17.9 Å². The zero-order valence-corrected chi connectivity index (χ0v) is 7.99. The van der Waals surface area contributed by atoms with E-state index in [1.807, 2.05) is 0 Å². The number of rotatable bonds is 1. The lowest BCUT2D eigenvalue weighted by Gasteiger charge is -2.37. The zero-order valence-electron chi connectivity index (χ0n) is 6.09. The number of aromatic nitrogens is 1. The van der Waals surface area contributed by atoms with Crippen molar-refractivity contribution in [1.82, 2.24) is 4.75 Å². The van der Waals surface area contributed by atoms with Crippen LogP contribution < -0.4 is 0 Å². The lowest BCUT2D eigenvalue weighted by Crippen LogP contribution is -2.28. The smallest absolute Gasteiger partial charge is 0.0397 e. The van der Waals surface area contributed by atoms with Gasteiger partial charge < -0.3 is 0 Å². The highest BCUT2D eigenvalue weighted by atomic mass is 31.8. The van der Waals surface area contributed by atoms with E-state index < -0.39 is 0 Å². The molecule has 3 heteroatoms. The molecule has 0 N–H and O–H groups in total. The van der Waals surface area contributed by atoms with Crippen molar-refractivity contribution >= 4 is 15.9 Å². The van der Waals surface area contributed by atoms with Crippen molar-refractivity contribution in [3.05, 3.63) is 11.5 Å². The van der Waals surface area contributed by atoms with E-state index >= 15 is 0 Å². The Hall–Kier alpha value is 0.140. The molecule has 1 aromatic rings. The largest absolute Gasteiger partial charge is 0.244 e. The normalized spacial score (nSPS) is 23.7. The summed E-state index contributed by atoms with van der Waals surface area (Å²) in [6.45, 7) is 2.38. The first-order valence-corrected chi connectivity index (χ1v) is 6.36. The average molecular weight is 171 g/mol. The topological polar surface area (TPSA) is 12.9 Å². The van der Waals surface area contributed by atoms with Crippen LogP contribution in [0, 0.1) is 0 Å². The first-order chi connectivity index (χ1) is 4.81. The van der Waals surface area contributed by atoms with E-state index in [4.69, 9.17) is 0 Å². The highest BCUT2D eigenvalue weighted by Crippen LogP contribution is 2.47. The lowest BCUT2D eigenvalue weighted by molar-refractivity contribution is 0.277. The van der Waals surface area contributed by atoms with Gasteiger partial charge in [-0.05, 0) is 34.2 Å². The predicted molar refractivity (Wildman–Crippen MR) is 47.5 cm³/mol. The van der Waals surface area contributed by atoms with Crippen LogP contribution in [0.5, 0.6) is 0 Å². The third-order valence-corrected chi connectivity index (χ3v) is 5.10. The molecule has 0 bridgehead atoms. The van der Waals surface area contributed by atoms with Gasteiger partial charge in [0.05, 0.1) is 0 Å². The van der Waals surface area contributed by atoms with Gasteiger partial charge in [0.25, 0.3) is 0 Å². The summed E-state index contributed by atoms with van der Waals surface area (Å²) in [5.74, 6) is 0. The summed E-state index contributed by atoms with van der Waals surface area (Å²) in [4.78, 5) is 0. The van der Waals surface area contributed by atoms with Crippen molar-refractivity contribution in [1.29, 1.82) is 0 Å². The molecule has 1 aromatic heterocycles. The van der Waals surface area contributed by atoms with Crippen LogP contribution >= 0.6 is 15.9 Å². The van der Waals surface area contributed by atoms with Gasteiger partial charge in [0, 0.05) is 11.5 Å². The maximum atomic E-state index is 4.27. The highest BCUT2D eigenvalue weighted by Gasteiger charge is 2.34. The van der Waals surface area contributed by atoms with Gasteiger partial charge in [0.1, 0.15) is 0 Å². The molecule has 0 aliphatic heterocycles. The minimum atomic E-state index is 0.564. The molecule has 1 heterocycles. The van der Waals surface area contributed by atoms with Crippen molar-refractivity contribution in [3.63, 3.8) is 0 Å². The van der Waals surface area contributed by atoms with Gasteiger partial charge in [0.2, 0.25) is 0 Å². The minimum absolute atomic E-state index is 0.564. The van der Waals surface area contributed by atoms with E-state index in [9.17, 15) is 0 Å². The van der Waals surface area contributed by atoms with E-state index in [-0.39, 0.29) is 0 Å². The molecule has 0 saturated heterocycles. The molecule has 1 fully saturated rings. The first-order valence-electron chi connectivity index (χ1n) is 3.67. The summed E-state index contributed by atoms with van der Waals surface area (Å²) in [6, 6.07) is 0. The Bertz CT molecular complexity index is 214. The SMILES string of the molecule is CC1(c2cn[pH]p2)CCC1. The van der Waals surface area contributed by atoms with Gasteiger partial charge in [-0.3, -0.25) is 0 Å². The molecule has 0 radical (unpaired) electrons. The molecule has 1 saturated carbocycles. The van der Waals surface area contributed by atoms with Crippen molar-refractivity contribution < 1.29 is 0 Å². The summed E-state index contributed by atoms with van der Waals surface area (Å²) in [5.41, 5.74) is 0.564. The van der Waals surface area contributed by atoms with Crippen LogP contribution in [0.1, 0.15) is 31.5 Å². The molecule has 54 valence electrons. The molecule has 1 aliphatic rings. The lowest BCUT2D eigenvalue weighted by atomic mass is 9.70. The Morgan fingerprint density at radius 1 is 1.70 bits per heavy atom. The maximum absolute atomic E-state index is 4.27. The summed E-state index contributed by atoms with van der Waals surface area (Å²) in [5, 5.41) is 1.59. The predicted octanol–water partition coefficient (Wildman–Crippen LogP) is 3.13. The van der Waals surface area contributed by atoms with Crippen molar-refractivity contribution in [2.75, 3.05) is 0 Å². The van der Waals surface area contributed by atoms with Crippen molar-refractivity contribution in [2.24, 2.45) is 0 Å². The van der Waals surface area contributed by atoms with Crippen LogP contribution in [0.25, 0.3) is 0 Å². The van der Waals surface area contributed by atoms with Crippen LogP contribution in [0.2, 0.25) is 0 Å². The fourth-order valence-corrected chi connectivity index (χ4v) is 4.18. The minimum Gasteiger partial charge on any atom is -0.244 e. The van der Waals surface area contributed by atoms with Crippen molar-refractivity contribution in [3.8, 4) is 0 Å². The maximum Gasteiger partial charge on any atom is 0.0397 e. The fraction of sp³-hybridized carbons (Fsp3) is 0.714. The Morgan fingerprint density at radius 2 is 2.50 bits per heavy atom. The molecule has 1 nitrogen and oxygen atoms in total. The average Bonchev–Trinajstić information content (AvgIpc) is 2.33. The quantitative estimate of drug-likeness (QED) is 0.632. The summed E-state index contributed by atoms with van der Waals surface area (Å²) in [7, 11) is 2.29. The number of hydrogen-bond donors (Lipinski definition) is 0. The Labute approximate surface area is 64.4 Å². The van der Waals surface area contributed by atoms with Crippen LogP contribution in [0.4, 0.5) is 0 Å². The van der Waals surface area contributed by atoms with Crippen LogP contribution in [0.3, 0.4) is 0 Å². The number of hydrogen-bond acceptors (Lipinski definition) is 1. The molecule has 1 atom stereocenters. The van der Waals surface area contributed by atoms with Crippen LogP contribution in [-0.2, 0) is 5.41 Å². The monoisotopic (exact) mass is 171 g/mol. The van der Waals surface area contributed by atoms with Crippen molar-refractivity contribution in [2.45, 2.75) is 31.6 Å². The molecule has 2 rings (SSSR count). The van der Waals surface area contributed by atoms with E-state index in [0.717, 1.165) is 8.03 Å². The Balaban J connectivity index is 2.27. The molecule has 0 spiro atoms. The molecular weight excluding hydrogens is 160 g/mol. The zero-order chi connectivity index (χ0) is 7.03. The molecule has 1 aliphatic carbocycles. The summed E-state index contributed by atoms with van der Waals surface area (Å²) in [6.07, 6.45) is 6.32. The Morgan fingerprint density at radius 3 is 2.90 bits per heavy atom. The second-order valence-corrected chi connectivity index (χ2v) is 5.70. The van der Waals surface area contributed by atoms with E-state index in [0.29, 0.717) is 5.41 Å². The van der Waals surface area contributed by atoms with Gasteiger partial charge in [-0.15, -0.1) is 0 Å². The van der Waals surface area contributed by atoms with E-state index in [1.165, 1.54) is 27.1 Å². The van der Waals surface area contributed by atoms with Gasteiger partial charge in [0.15, 0.2) is 0 Å². The van der Waals surface area contributed by atoms with E-state index in [1.54, 1.807) is 5.30 Å².